The summed E-state index contributed by atoms with van der Waals surface area (Å²) in [5, 5.41) is 0.598. The topological polar surface area (TPSA) is 17.8 Å². The van der Waals surface area contributed by atoms with Gasteiger partial charge >= 0.3 is 0 Å². The van der Waals surface area contributed by atoms with E-state index in [4.69, 9.17) is 23.2 Å². The quantitative estimate of drug-likeness (QED) is 0.409. The van der Waals surface area contributed by atoms with Gasteiger partial charge in [-0.1, -0.05) is 11.6 Å². The first-order valence-electron chi connectivity index (χ1n) is 6.28. The fourth-order valence-electron chi connectivity index (χ4n) is 2.28. The van der Waals surface area contributed by atoms with Gasteiger partial charge in [-0.05, 0) is 52.9 Å². The van der Waals surface area contributed by atoms with Gasteiger partial charge in [-0.15, -0.1) is 11.6 Å². The van der Waals surface area contributed by atoms with Crippen molar-refractivity contribution in [2.45, 2.75) is 6.42 Å². The van der Waals surface area contributed by atoms with Crippen LogP contribution in [0.25, 0.3) is 16.7 Å². The van der Waals surface area contributed by atoms with Crippen molar-refractivity contribution in [1.82, 2.24) is 9.55 Å². The molecule has 0 aliphatic carbocycles. The first-order valence-corrected chi connectivity index (χ1v) is 8.27. The molecule has 2 aromatic carbocycles. The molecule has 0 spiro atoms. The number of benzene rings is 2. The Morgan fingerprint density at radius 3 is 2.71 bits per heavy atom. The van der Waals surface area contributed by atoms with E-state index in [0.717, 1.165) is 20.6 Å². The Kier molecular flexibility index (Phi) is 4.38. The lowest BCUT2D eigenvalue weighted by Crippen LogP contribution is -2.03. The molecule has 0 amide bonds. The second-order valence-corrected chi connectivity index (χ2v) is 6.56. The lowest BCUT2D eigenvalue weighted by atomic mass is 10.2. The molecule has 0 N–H and O–H groups in total. The van der Waals surface area contributed by atoms with Gasteiger partial charge in [0, 0.05) is 21.9 Å². The van der Waals surface area contributed by atoms with E-state index in [0.29, 0.717) is 22.8 Å². The van der Waals surface area contributed by atoms with Crippen LogP contribution in [0.15, 0.2) is 36.4 Å². The monoisotopic (exact) mass is 434 g/mol. The smallest absolute Gasteiger partial charge is 0.125 e. The van der Waals surface area contributed by atoms with Crippen LogP contribution < -0.4 is 0 Å². The molecule has 0 fully saturated rings. The number of aromatic nitrogens is 2. The van der Waals surface area contributed by atoms with Crippen molar-refractivity contribution in [3.05, 3.63) is 56.6 Å². The summed E-state index contributed by atoms with van der Waals surface area (Å²) in [6.07, 6.45) is 0.584. The number of halogens is 4. The molecule has 0 bridgehead atoms. The number of nitrogens with zero attached hydrogens (tertiary/aromatic N) is 2. The number of fused-ring (bicyclic) bond motifs is 1. The van der Waals surface area contributed by atoms with Crippen LogP contribution in [-0.4, -0.2) is 15.4 Å². The summed E-state index contributed by atoms with van der Waals surface area (Å²) in [4.78, 5) is 4.53. The minimum atomic E-state index is -0.303. The molecule has 0 radical (unpaired) electrons. The van der Waals surface area contributed by atoms with Crippen LogP contribution in [0.2, 0.25) is 5.02 Å². The van der Waals surface area contributed by atoms with Gasteiger partial charge in [0.05, 0.1) is 21.7 Å². The van der Waals surface area contributed by atoms with Crippen molar-refractivity contribution in [2.24, 2.45) is 0 Å². The average molecular weight is 435 g/mol. The summed E-state index contributed by atoms with van der Waals surface area (Å²) in [7, 11) is 0. The van der Waals surface area contributed by atoms with Gasteiger partial charge in [0.15, 0.2) is 0 Å². The molecule has 0 unspecified atom stereocenters. The Morgan fingerprint density at radius 2 is 2.00 bits per heavy atom. The van der Waals surface area contributed by atoms with E-state index in [2.05, 4.69) is 27.6 Å². The average Bonchev–Trinajstić information content (AvgIpc) is 2.77. The zero-order chi connectivity index (χ0) is 15.0. The third kappa shape index (κ3) is 2.89. The number of imidazole rings is 1. The van der Waals surface area contributed by atoms with Gasteiger partial charge in [0.2, 0.25) is 0 Å². The van der Waals surface area contributed by atoms with Crippen LogP contribution in [0.3, 0.4) is 0 Å². The standard InChI is InChI=1S/C15H10Cl2FIN2/c16-6-5-15-20-12-3-1-9(18)7-14(12)21(15)13-4-2-10(19)8-11(13)17/h1-4,7-8H,5-6H2. The van der Waals surface area contributed by atoms with Crippen molar-refractivity contribution in [3.8, 4) is 5.69 Å². The van der Waals surface area contributed by atoms with E-state index < -0.39 is 0 Å². The molecule has 108 valence electrons. The molecular weight excluding hydrogens is 425 g/mol. The molecule has 6 heteroatoms. The van der Waals surface area contributed by atoms with Gasteiger partial charge in [0.25, 0.3) is 0 Å². The molecule has 0 saturated carbocycles. The highest BCUT2D eigenvalue weighted by Crippen LogP contribution is 2.29. The van der Waals surface area contributed by atoms with Crippen molar-refractivity contribution >= 4 is 56.8 Å². The lowest BCUT2D eigenvalue weighted by Gasteiger charge is -2.11. The Hall–Kier alpha value is -0.850. The van der Waals surface area contributed by atoms with E-state index in [9.17, 15) is 4.39 Å². The van der Waals surface area contributed by atoms with Gasteiger partial charge in [-0.3, -0.25) is 4.57 Å². The van der Waals surface area contributed by atoms with Crippen LogP contribution in [0.1, 0.15) is 5.82 Å². The molecular formula is C15H10Cl2FIN2. The first kappa shape index (κ1) is 15.1. The van der Waals surface area contributed by atoms with Crippen LogP contribution in [0, 0.1) is 9.39 Å². The third-order valence-electron chi connectivity index (χ3n) is 3.15. The van der Waals surface area contributed by atoms with Crippen LogP contribution in [-0.2, 0) is 6.42 Å². The van der Waals surface area contributed by atoms with Crippen molar-refractivity contribution < 1.29 is 4.39 Å². The predicted octanol–water partition coefficient (Wildman–Crippen LogP) is 5.20. The van der Waals surface area contributed by atoms with E-state index in [-0.39, 0.29) is 5.82 Å². The van der Waals surface area contributed by atoms with Gasteiger partial charge < -0.3 is 0 Å². The maximum Gasteiger partial charge on any atom is 0.125 e. The number of rotatable bonds is 3. The minimum absolute atomic E-state index is 0.303. The van der Waals surface area contributed by atoms with E-state index in [1.807, 2.05) is 22.8 Å². The molecule has 0 aliphatic rings. The summed E-state index contributed by atoms with van der Waals surface area (Å²) in [6.45, 7) is 0. The summed E-state index contributed by atoms with van der Waals surface area (Å²) in [5.74, 6) is 0.907. The Balaban J connectivity index is 2.32. The molecule has 0 atom stereocenters. The zero-order valence-electron chi connectivity index (χ0n) is 10.8. The van der Waals surface area contributed by atoms with Gasteiger partial charge in [0.1, 0.15) is 11.6 Å². The molecule has 3 aromatic rings. The Labute approximate surface area is 145 Å². The number of hydrogen-bond acceptors (Lipinski definition) is 1. The largest absolute Gasteiger partial charge is 0.295 e. The number of hydrogen-bond donors (Lipinski definition) is 0. The summed E-state index contributed by atoms with van der Waals surface area (Å²) >= 11 is 14.4. The maximum absolute atomic E-state index is 13.6. The molecule has 1 heterocycles. The molecule has 0 aliphatic heterocycles. The van der Waals surface area contributed by atoms with E-state index in [1.54, 1.807) is 6.07 Å². The Bertz CT molecular complexity index is 817. The zero-order valence-corrected chi connectivity index (χ0v) is 14.5. The van der Waals surface area contributed by atoms with Crippen molar-refractivity contribution in [3.63, 3.8) is 0 Å². The molecule has 3 rings (SSSR count). The number of alkyl halides is 1. The minimum Gasteiger partial charge on any atom is -0.295 e. The van der Waals surface area contributed by atoms with E-state index in [1.165, 1.54) is 12.1 Å². The van der Waals surface area contributed by atoms with Gasteiger partial charge in [-0.2, -0.15) is 0 Å². The van der Waals surface area contributed by atoms with Crippen LogP contribution in [0.4, 0.5) is 4.39 Å². The third-order valence-corrected chi connectivity index (χ3v) is 4.32. The highest BCUT2D eigenvalue weighted by atomic mass is 127. The van der Waals surface area contributed by atoms with Crippen molar-refractivity contribution in [2.75, 3.05) is 5.88 Å². The highest BCUT2D eigenvalue weighted by molar-refractivity contribution is 14.1. The summed E-state index contributed by atoms with van der Waals surface area (Å²) in [5.41, 5.74) is 2.20. The molecule has 2 nitrogen and oxygen atoms in total. The molecule has 21 heavy (non-hydrogen) atoms. The fourth-order valence-corrected chi connectivity index (χ4v) is 3.39. The summed E-state index contributed by atoms with van der Waals surface area (Å²) < 4.78 is 16.5. The number of aryl methyl sites for hydroxylation is 1. The Morgan fingerprint density at radius 1 is 1.19 bits per heavy atom. The first-order chi connectivity index (χ1) is 10.1. The fraction of sp³-hybridized carbons (Fsp3) is 0.133. The predicted molar refractivity (Wildman–Crippen MR) is 93.2 cm³/mol. The lowest BCUT2D eigenvalue weighted by molar-refractivity contribution is 0.629. The van der Waals surface area contributed by atoms with E-state index >= 15 is 0 Å². The SMILES string of the molecule is Fc1ccc2nc(CCCl)n(-c3ccc(I)cc3Cl)c2c1. The maximum atomic E-state index is 13.6. The normalized spacial score (nSPS) is 11.2. The highest BCUT2D eigenvalue weighted by Gasteiger charge is 2.15. The van der Waals surface area contributed by atoms with Crippen LogP contribution >= 0.6 is 45.8 Å². The second kappa shape index (κ2) is 6.10. The summed E-state index contributed by atoms with van der Waals surface area (Å²) in [6, 6.07) is 10.3. The van der Waals surface area contributed by atoms with Crippen molar-refractivity contribution in [1.29, 1.82) is 0 Å². The second-order valence-electron chi connectivity index (χ2n) is 4.53. The molecule has 1 aromatic heterocycles. The molecule has 0 saturated heterocycles. The van der Waals surface area contributed by atoms with Crippen LogP contribution in [0.5, 0.6) is 0 Å². The van der Waals surface area contributed by atoms with Gasteiger partial charge in [-0.25, -0.2) is 9.37 Å².